The predicted octanol–water partition coefficient (Wildman–Crippen LogP) is 2.89. The van der Waals surface area contributed by atoms with Crippen molar-refractivity contribution in [1.29, 1.82) is 0 Å². The van der Waals surface area contributed by atoms with Crippen molar-refractivity contribution in [1.82, 2.24) is 5.43 Å². The number of carbonyl (C=O) groups is 1. The molecule has 1 aliphatic heterocycles. The molecule has 6 heteroatoms. The van der Waals surface area contributed by atoms with Crippen molar-refractivity contribution in [2.45, 2.75) is 20.8 Å². The molecule has 1 aromatic heterocycles. The molecule has 0 aliphatic carbocycles. The minimum Gasteiger partial charge on any atom is -0.466 e. The highest BCUT2D eigenvalue weighted by Gasteiger charge is 2.13. The summed E-state index contributed by atoms with van der Waals surface area (Å²) in [4.78, 5) is 14.5. The van der Waals surface area contributed by atoms with Gasteiger partial charge in [0.2, 0.25) is 0 Å². The minimum atomic E-state index is -0.265. The highest BCUT2D eigenvalue weighted by atomic mass is 16.5. The minimum absolute atomic E-state index is 0.265. The van der Waals surface area contributed by atoms with E-state index in [1.54, 1.807) is 13.0 Å². The van der Waals surface area contributed by atoms with E-state index in [0.717, 1.165) is 37.6 Å². The van der Waals surface area contributed by atoms with Crippen molar-refractivity contribution in [3.63, 3.8) is 0 Å². The summed E-state index contributed by atoms with van der Waals surface area (Å²) < 4.78 is 10.8. The summed E-state index contributed by atoms with van der Waals surface area (Å²) in [5.74, 6) is 1.04. The van der Waals surface area contributed by atoms with E-state index in [0.29, 0.717) is 17.1 Å². The zero-order valence-electron chi connectivity index (χ0n) is 14.8. The van der Waals surface area contributed by atoms with Crippen LogP contribution in [0, 0.1) is 13.8 Å². The maximum atomic E-state index is 12.2. The van der Waals surface area contributed by atoms with Gasteiger partial charge in [0.1, 0.15) is 11.5 Å². The molecule has 1 aromatic carbocycles. The predicted molar refractivity (Wildman–Crippen MR) is 97.3 cm³/mol. The van der Waals surface area contributed by atoms with Crippen LogP contribution in [-0.2, 0) is 4.74 Å². The topological polar surface area (TPSA) is 67.1 Å². The first-order valence-corrected chi connectivity index (χ1v) is 8.39. The molecule has 1 amide bonds. The van der Waals surface area contributed by atoms with E-state index in [4.69, 9.17) is 9.15 Å². The van der Waals surface area contributed by atoms with Crippen LogP contribution in [0.4, 0.5) is 5.69 Å². The Morgan fingerprint density at radius 2 is 1.84 bits per heavy atom. The molecule has 0 spiro atoms. The fourth-order valence-corrected chi connectivity index (χ4v) is 2.85. The second kappa shape index (κ2) is 7.53. The molecule has 3 rings (SSSR count). The smallest absolute Gasteiger partial charge is 0.274 e. The quantitative estimate of drug-likeness (QED) is 0.686. The van der Waals surface area contributed by atoms with Crippen LogP contribution in [-0.4, -0.2) is 37.9 Å². The number of nitrogens with one attached hydrogen (secondary N) is 1. The molecule has 6 nitrogen and oxygen atoms in total. The number of amides is 1. The lowest BCUT2D eigenvalue weighted by atomic mass is 10.1. The Morgan fingerprint density at radius 1 is 1.16 bits per heavy atom. The molecule has 2 aromatic rings. The third kappa shape index (κ3) is 4.09. The second-order valence-corrected chi connectivity index (χ2v) is 6.11. The van der Waals surface area contributed by atoms with E-state index in [1.807, 2.05) is 26.0 Å². The van der Waals surface area contributed by atoms with E-state index in [-0.39, 0.29) is 5.91 Å². The summed E-state index contributed by atoms with van der Waals surface area (Å²) >= 11 is 0. The van der Waals surface area contributed by atoms with E-state index in [1.165, 1.54) is 5.69 Å². The number of furan rings is 1. The SMILES string of the molecule is C/C(=N\NC(=O)c1cc(C)oc1C)c1ccc(N2CCOCC2)cc1. The second-order valence-electron chi connectivity index (χ2n) is 6.11. The van der Waals surface area contributed by atoms with Gasteiger partial charge in [0.25, 0.3) is 5.91 Å². The standard InChI is InChI=1S/C19H23N3O3/c1-13-12-18(15(3)25-13)19(23)21-20-14(2)16-4-6-17(7-5-16)22-8-10-24-11-9-22/h4-7,12H,8-11H2,1-3H3,(H,21,23)/b20-14+. The fourth-order valence-electron chi connectivity index (χ4n) is 2.85. The summed E-state index contributed by atoms with van der Waals surface area (Å²) in [6.07, 6.45) is 0. The number of hydrazone groups is 1. The fraction of sp³-hybridized carbons (Fsp3) is 0.368. The van der Waals surface area contributed by atoms with Gasteiger partial charge in [-0.15, -0.1) is 0 Å². The molecular formula is C19H23N3O3. The summed E-state index contributed by atoms with van der Waals surface area (Å²) in [6, 6.07) is 9.90. The molecule has 1 fully saturated rings. The normalized spacial score (nSPS) is 15.3. The highest BCUT2D eigenvalue weighted by molar-refractivity contribution is 6.01. The van der Waals surface area contributed by atoms with Crippen LogP contribution in [0.3, 0.4) is 0 Å². The van der Waals surface area contributed by atoms with Gasteiger partial charge in [-0.2, -0.15) is 5.10 Å². The highest BCUT2D eigenvalue weighted by Crippen LogP contribution is 2.17. The molecule has 0 unspecified atom stereocenters. The van der Waals surface area contributed by atoms with Gasteiger partial charge in [-0.25, -0.2) is 5.43 Å². The van der Waals surface area contributed by atoms with Crippen LogP contribution in [0.25, 0.3) is 0 Å². The van der Waals surface area contributed by atoms with Crippen LogP contribution < -0.4 is 10.3 Å². The lowest BCUT2D eigenvalue weighted by molar-refractivity contribution is 0.0953. The van der Waals surface area contributed by atoms with E-state index in [9.17, 15) is 4.79 Å². The number of rotatable bonds is 4. The molecule has 0 bridgehead atoms. The Balaban J connectivity index is 1.65. The van der Waals surface area contributed by atoms with Crippen LogP contribution in [0.2, 0.25) is 0 Å². The summed E-state index contributed by atoms with van der Waals surface area (Å²) in [6.45, 7) is 8.80. The average Bonchev–Trinajstić information content (AvgIpc) is 2.98. The number of hydrogen-bond acceptors (Lipinski definition) is 5. The van der Waals surface area contributed by atoms with Crippen molar-refractivity contribution in [3.05, 3.63) is 53.0 Å². The first kappa shape index (κ1) is 17.2. The van der Waals surface area contributed by atoms with Gasteiger partial charge in [-0.1, -0.05) is 12.1 Å². The molecule has 0 radical (unpaired) electrons. The molecular weight excluding hydrogens is 318 g/mol. The van der Waals surface area contributed by atoms with Gasteiger partial charge < -0.3 is 14.1 Å². The third-order valence-corrected chi connectivity index (χ3v) is 4.27. The monoisotopic (exact) mass is 341 g/mol. The molecule has 0 atom stereocenters. The maximum absolute atomic E-state index is 12.2. The number of ether oxygens (including phenoxy) is 1. The molecule has 25 heavy (non-hydrogen) atoms. The lowest BCUT2D eigenvalue weighted by Crippen LogP contribution is -2.36. The molecule has 0 saturated carbocycles. The van der Waals surface area contributed by atoms with Gasteiger partial charge >= 0.3 is 0 Å². The van der Waals surface area contributed by atoms with E-state index >= 15 is 0 Å². The third-order valence-electron chi connectivity index (χ3n) is 4.27. The van der Waals surface area contributed by atoms with Crippen LogP contribution >= 0.6 is 0 Å². The van der Waals surface area contributed by atoms with Crippen LogP contribution in [0.1, 0.15) is 34.4 Å². The van der Waals surface area contributed by atoms with Crippen molar-refractivity contribution < 1.29 is 13.9 Å². The number of aryl methyl sites for hydroxylation is 2. The average molecular weight is 341 g/mol. The summed E-state index contributed by atoms with van der Waals surface area (Å²) in [7, 11) is 0. The van der Waals surface area contributed by atoms with E-state index < -0.39 is 0 Å². The van der Waals surface area contributed by atoms with Crippen LogP contribution in [0.5, 0.6) is 0 Å². The Morgan fingerprint density at radius 3 is 2.44 bits per heavy atom. The Hall–Kier alpha value is -2.60. The first-order valence-electron chi connectivity index (χ1n) is 8.39. The van der Waals surface area contributed by atoms with Gasteiger partial charge in [0.15, 0.2) is 0 Å². The number of hydrogen-bond donors (Lipinski definition) is 1. The van der Waals surface area contributed by atoms with Gasteiger partial charge in [-0.3, -0.25) is 4.79 Å². The van der Waals surface area contributed by atoms with Gasteiger partial charge in [0.05, 0.1) is 24.5 Å². The Bertz CT molecular complexity index is 772. The Kier molecular flexibility index (Phi) is 5.19. The van der Waals surface area contributed by atoms with Crippen molar-refractivity contribution in [2.24, 2.45) is 5.10 Å². The number of nitrogens with zero attached hydrogens (tertiary/aromatic N) is 2. The molecule has 132 valence electrons. The summed E-state index contributed by atoms with van der Waals surface area (Å²) in [5, 5.41) is 4.21. The molecule has 1 N–H and O–H groups in total. The number of benzene rings is 1. The van der Waals surface area contributed by atoms with Crippen molar-refractivity contribution >= 4 is 17.3 Å². The van der Waals surface area contributed by atoms with Gasteiger partial charge in [-0.05, 0) is 44.5 Å². The van der Waals surface area contributed by atoms with Gasteiger partial charge in [0, 0.05) is 18.8 Å². The number of anilines is 1. The maximum Gasteiger partial charge on any atom is 0.274 e. The largest absolute Gasteiger partial charge is 0.466 e. The van der Waals surface area contributed by atoms with Crippen LogP contribution in [0.15, 0.2) is 39.9 Å². The molecule has 1 aliphatic rings. The Labute approximate surface area is 147 Å². The van der Waals surface area contributed by atoms with Crippen molar-refractivity contribution in [3.8, 4) is 0 Å². The van der Waals surface area contributed by atoms with Crippen molar-refractivity contribution in [2.75, 3.05) is 31.2 Å². The molecule has 2 heterocycles. The number of carbonyl (C=O) groups excluding carboxylic acids is 1. The zero-order valence-corrected chi connectivity index (χ0v) is 14.8. The first-order chi connectivity index (χ1) is 12.0. The molecule has 1 saturated heterocycles. The lowest BCUT2D eigenvalue weighted by Gasteiger charge is -2.28. The van der Waals surface area contributed by atoms with E-state index in [2.05, 4.69) is 27.6 Å². The summed E-state index contributed by atoms with van der Waals surface area (Å²) in [5.41, 5.74) is 6.00. The zero-order chi connectivity index (χ0) is 17.8. The number of morpholine rings is 1.